The van der Waals surface area contributed by atoms with E-state index < -0.39 is 0 Å². The van der Waals surface area contributed by atoms with Crippen molar-refractivity contribution in [2.75, 3.05) is 6.54 Å². The molecule has 2 rings (SSSR count). The lowest BCUT2D eigenvalue weighted by atomic mass is 10.0. The van der Waals surface area contributed by atoms with E-state index in [0.717, 1.165) is 19.3 Å². The quantitative estimate of drug-likeness (QED) is 0.833. The first-order valence-electron chi connectivity index (χ1n) is 6.83. The van der Waals surface area contributed by atoms with Crippen LogP contribution in [0.5, 0.6) is 0 Å². The molecule has 1 fully saturated rings. The van der Waals surface area contributed by atoms with Crippen LogP contribution in [0.1, 0.15) is 31.2 Å². The molecular formula is C15H22N2O. The zero-order valence-electron chi connectivity index (χ0n) is 10.8. The minimum Gasteiger partial charge on any atom is -0.353 e. The maximum absolute atomic E-state index is 11.9. The molecule has 1 aromatic rings. The van der Waals surface area contributed by atoms with Crippen molar-refractivity contribution in [2.24, 2.45) is 11.7 Å². The van der Waals surface area contributed by atoms with E-state index in [1.165, 1.54) is 12.0 Å². The third-order valence-electron chi connectivity index (χ3n) is 3.79. The maximum Gasteiger partial charge on any atom is 0.220 e. The Morgan fingerprint density at radius 2 is 2.06 bits per heavy atom. The van der Waals surface area contributed by atoms with Gasteiger partial charge in [-0.15, -0.1) is 0 Å². The number of rotatable bonds is 5. The second kappa shape index (κ2) is 6.55. The summed E-state index contributed by atoms with van der Waals surface area (Å²) < 4.78 is 0. The minimum atomic E-state index is 0.157. The van der Waals surface area contributed by atoms with Crippen molar-refractivity contribution in [1.29, 1.82) is 0 Å². The van der Waals surface area contributed by atoms with Gasteiger partial charge in [0.05, 0.1) is 0 Å². The molecule has 0 saturated heterocycles. The Balaban J connectivity index is 1.75. The highest BCUT2D eigenvalue weighted by Crippen LogP contribution is 2.24. The number of hydrogen-bond donors (Lipinski definition) is 2. The number of carbonyl (C=O) groups is 1. The smallest absolute Gasteiger partial charge is 0.220 e. The molecule has 1 aromatic carbocycles. The first-order valence-corrected chi connectivity index (χ1v) is 6.83. The lowest BCUT2D eigenvalue weighted by Gasteiger charge is -2.19. The summed E-state index contributed by atoms with van der Waals surface area (Å²) in [7, 11) is 0. The molecule has 18 heavy (non-hydrogen) atoms. The van der Waals surface area contributed by atoms with Gasteiger partial charge in [-0.1, -0.05) is 36.8 Å². The third kappa shape index (κ3) is 3.57. The van der Waals surface area contributed by atoms with E-state index in [-0.39, 0.29) is 5.91 Å². The Bertz CT molecular complexity index is 377. The van der Waals surface area contributed by atoms with E-state index >= 15 is 0 Å². The second-order valence-electron chi connectivity index (χ2n) is 5.09. The van der Waals surface area contributed by atoms with Crippen LogP contribution in [0.25, 0.3) is 0 Å². The highest BCUT2D eigenvalue weighted by Gasteiger charge is 2.26. The van der Waals surface area contributed by atoms with Gasteiger partial charge in [0, 0.05) is 12.5 Å². The van der Waals surface area contributed by atoms with Crippen LogP contribution in [0.4, 0.5) is 0 Å². The number of carbonyl (C=O) groups excluding carboxylic acids is 1. The van der Waals surface area contributed by atoms with Gasteiger partial charge >= 0.3 is 0 Å². The van der Waals surface area contributed by atoms with Crippen molar-refractivity contribution < 1.29 is 4.79 Å². The van der Waals surface area contributed by atoms with Crippen LogP contribution in [-0.4, -0.2) is 18.5 Å². The lowest BCUT2D eigenvalue weighted by molar-refractivity contribution is -0.122. The number of nitrogens with two attached hydrogens (primary N) is 1. The molecule has 2 atom stereocenters. The molecule has 1 aliphatic carbocycles. The average Bonchev–Trinajstić information content (AvgIpc) is 2.85. The molecule has 1 aliphatic rings. The summed E-state index contributed by atoms with van der Waals surface area (Å²) in [6.45, 7) is 0.684. The van der Waals surface area contributed by atoms with Crippen molar-refractivity contribution in [3.05, 3.63) is 35.9 Å². The van der Waals surface area contributed by atoms with Crippen molar-refractivity contribution in [3.8, 4) is 0 Å². The highest BCUT2D eigenvalue weighted by atomic mass is 16.1. The van der Waals surface area contributed by atoms with E-state index in [9.17, 15) is 4.79 Å². The predicted octanol–water partition coefficient (Wildman–Crippen LogP) is 1.86. The maximum atomic E-state index is 11.9. The molecule has 2 unspecified atom stereocenters. The second-order valence-corrected chi connectivity index (χ2v) is 5.09. The van der Waals surface area contributed by atoms with Crippen LogP contribution < -0.4 is 11.1 Å². The first-order chi connectivity index (χ1) is 8.79. The normalized spacial score (nSPS) is 22.9. The van der Waals surface area contributed by atoms with Crippen molar-refractivity contribution >= 4 is 5.91 Å². The van der Waals surface area contributed by atoms with E-state index in [4.69, 9.17) is 5.73 Å². The molecule has 98 valence electrons. The Hall–Kier alpha value is -1.35. The molecule has 0 radical (unpaired) electrons. The zero-order valence-corrected chi connectivity index (χ0v) is 10.8. The SMILES string of the molecule is NCC1CCCC1NC(=O)CCc1ccccc1. The minimum absolute atomic E-state index is 0.157. The van der Waals surface area contributed by atoms with Gasteiger partial charge < -0.3 is 11.1 Å². The Labute approximate surface area is 109 Å². The number of aryl methyl sites for hydroxylation is 1. The van der Waals surface area contributed by atoms with Crippen LogP contribution in [0, 0.1) is 5.92 Å². The number of amides is 1. The molecule has 0 aromatic heterocycles. The summed E-state index contributed by atoms with van der Waals surface area (Å²) >= 11 is 0. The summed E-state index contributed by atoms with van der Waals surface area (Å²) in [5.74, 6) is 0.634. The van der Waals surface area contributed by atoms with Crippen LogP contribution in [0.15, 0.2) is 30.3 Å². The van der Waals surface area contributed by atoms with Gasteiger partial charge in [0.15, 0.2) is 0 Å². The van der Waals surface area contributed by atoms with Crippen LogP contribution in [0.3, 0.4) is 0 Å². The Morgan fingerprint density at radius 3 is 2.78 bits per heavy atom. The topological polar surface area (TPSA) is 55.1 Å². The van der Waals surface area contributed by atoms with Crippen molar-refractivity contribution in [1.82, 2.24) is 5.32 Å². The average molecular weight is 246 g/mol. The molecule has 0 heterocycles. The van der Waals surface area contributed by atoms with Gasteiger partial charge in [-0.05, 0) is 37.3 Å². The highest BCUT2D eigenvalue weighted by molar-refractivity contribution is 5.76. The van der Waals surface area contributed by atoms with Crippen molar-refractivity contribution in [2.45, 2.75) is 38.1 Å². The van der Waals surface area contributed by atoms with E-state index in [0.29, 0.717) is 24.9 Å². The van der Waals surface area contributed by atoms with Gasteiger partial charge in [0.1, 0.15) is 0 Å². The summed E-state index contributed by atoms with van der Waals surface area (Å²) in [6, 6.07) is 10.4. The zero-order chi connectivity index (χ0) is 12.8. The van der Waals surface area contributed by atoms with Crippen LogP contribution in [-0.2, 0) is 11.2 Å². The van der Waals surface area contributed by atoms with Gasteiger partial charge in [-0.2, -0.15) is 0 Å². The first kappa shape index (κ1) is 13.1. The number of benzene rings is 1. The van der Waals surface area contributed by atoms with E-state index in [1.807, 2.05) is 18.2 Å². The monoisotopic (exact) mass is 246 g/mol. The van der Waals surface area contributed by atoms with Crippen molar-refractivity contribution in [3.63, 3.8) is 0 Å². The molecule has 3 nitrogen and oxygen atoms in total. The summed E-state index contributed by atoms with van der Waals surface area (Å²) in [5, 5.41) is 3.13. The van der Waals surface area contributed by atoms with Gasteiger partial charge in [0.25, 0.3) is 0 Å². The molecule has 3 heteroatoms. The number of nitrogens with one attached hydrogen (secondary N) is 1. The third-order valence-corrected chi connectivity index (χ3v) is 3.79. The summed E-state index contributed by atoms with van der Waals surface area (Å²) in [4.78, 5) is 11.9. The fraction of sp³-hybridized carbons (Fsp3) is 0.533. The largest absolute Gasteiger partial charge is 0.353 e. The summed E-state index contributed by atoms with van der Waals surface area (Å²) in [5.41, 5.74) is 6.93. The fourth-order valence-corrected chi connectivity index (χ4v) is 2.69. The molecule has 1 amide bonds. The Morgan fingerprint density at radius 1 is 1.28 bits per heavy atom. The summed E-state index contributed by atoms with van der Waals surface area (Å²) in [6.07, 6.45) is 4.80. The Kier molecular flexibility index (Phi) is 4.76. The molecular weight excluding hydrogens is 224 g/mol. The van der Waals surface area contributed by atoms with Crippen LogP contribution >= 0.6 is 0 Å². The predicted molar refractivity (Wildman–Crippen MR) is 73.1 cm³/mol. The number of hydrogen-bond acceptors (Lipinski definition) is 2. The van der Waals surface area contributed by atoms with Gasteiger partial charge in [0.2, 0.25) is 5.91 Å². The van der Waals surface area contributed by atoms with E-state index in [2.05, 4.69) is 17.4 Å². The van der Waals surface area contributed by atoms with Gasteiger partial charge in [-0.25, -0.2) is 0 Å². The molecule has 3 N–H and O–H groups in total. The molecule has 0 bridgehead atoms. The van der Waals surface area contributed by atoms with E-state index in [1.54, 1.807) is 0 Å². The molecule has 0 aliphatic heterocycles. The standard InChI is InChI=1S/C15H22N2O/c16-11-13-7-4-8-14(13)17-15(18)10-9-12-5-2-1-3-6-12/h1-3,5-6,13-14H,4,7-11,16H2,(H,17,18). The molecule has 0 spiro atoms. The lowest BCUT2D eigenvalue weighted by Crippen LogP contribution is -2.39. The van der Waals surface area contributed by atoms with Crippen LogP contribution in [0.2, 0.25) is 0 Å². The molecule has 1 saturated carbocycles. The van der Waals surface area contributed by atoms with Gasteiger partial charge in [-0.3, -0.25) is 4.79 Å². The fourth-order valence-electron chi connectivity index (χ4n) is 2.69.